The Balaban J connectivity index is 1.70. The van der Waals surface area contributed by atoms with E-state index in [9.17, 15) is 0 Å². The van der Waals surface area contributed by atoms with Crippen molar-refractivity contribution in [2.24, 2.45) is 0 Å². The predicted molar refractivity (Wildman–Crippen MR) is 71.5 cm³/mol. The first kappa shape index (κ1) is 13.0. The topological polar surface area (TPSA) is 52.0 Å². The zero-order chi connectivity index (χ0) is 12.6. The maximum absolute atomic E-state index is 4.97. The number of fused-ring (bicyclic) bond motifs is 1. The summed E-state index contributed by atoms with van der Waals surface area (Å²) in [5.74, 6) is 0. The van der Waals surface area contributed by atoms with E-state index in [1.165, 1.54) is 0 Å². The van der Waals surface area contributed by atoms with Crippen molar-refractivity contribution < 1.29 is 4.74 Å². The number of para-hydroxylation sites is 1. The van der Waals surface area contributed by atoms with E-state index in [2.05, 4.69) is 21.7 Å². The molecule has 2 aromatic rings. The molecule has 0 fully saturated rings. The highest BCUT2D eigenvalue weighted by Crippen LogP contribution is 2.10. The van der Waals surface area contributed by atoms with Gasteiger partial charge in [-0.25, -0.2) is 4.68 Å². The maximum atomic E-state index is 4.97. The monoisotopic (exact) mass is 248 g/mol. The van der Waals surface area contributed by atoms with Gasteiger partial charge in [-0.1, -0.05) is 17.3 Å². The highest BCUT2D eigenvalue weighted by atomic mass is 16.5. The van der Waals surface area contributed by atoms with Gasteiger partial charge in [0.25, 0.3) is 0 Å². The molecule has 5 heteroatoms. The lowest BCUT2D eigenvalue weighted by Crippen LogP contribution is -2.20. The van der Waals surface area contributed by atoms with Gasteiger partial charge in [0.15, 0.2) is 0 Å². The Hall–Kier alpha value is -1.46. The van der Waals surface area contributed by atoms with E-state index in [1.54, 1.807) is 7.11 Å². The third-order valence-electron chi connectivity index (χ3n) is 2.88. The van der Waals surface area contributed by atoms with Crippen LogP contribution in [0.1, 0.15) is 12.8 Å². The largest absolute Gasteiger partial charge is 0.383 e. The summed E-state index contributed by atoms with van der Waals surface area (Å²) >= 11 is 0. The minimum Gasteiger partial charge on any atom is -0.383 e. The highest BCUT2D eigenvalue weighted by Gasteiger charge is 2.01. The van der Waals surface area contributed by atoms with E-state index < -0.39 is 0 Å². The fraction of sp³-hybridized carbons (Fsp3) is 0.538. The van der Waals surface area contributed by atoms with Gasteiger partial charge in [-0.3, -0.25) is 0 Å². The van der Waals surface area contributed by atoms with Crippen LogP contribution < -0.4 is 5.32 Å². The van der Waals surface area contributed by atoms with Crippen LogP contribution in [-0.2, 0) is 11.3 Å². The van der Waals surface area contributed by atoms with Gasteiger partial charge >= 0.3 is 0 Å². The van der Waals surface area contributed by atoms with Crippen LogP contribution in [0, 0.1) is 0 Å². The number of rotatable bonds is 8. The molecule has 0 bridgehead atoms. The van der Waals surface area contributed by atoms with E-state index in [1.807, 2.05) is 22.9 Å². The lowest BCUT2D eigenvalue weighted by Gasteiger charge is -2.04. The fourth-order valence-corrected chi connectivity index (χ4v) is 1.89. The van der Waals surface area contributed by atoms with Crippen LogP contribution in [-0.4, -0.2) is 41.8 Å². The molecule has 0 spiro atoms. The lowest BCUT2D eigenvalue weighted by molar-refractivity contribution is 0.199. The van der Waals surface area contributed by atoms with Crippen molar-refractivity contribution >= 4 is 11.0 Å². The first-order valence-electron chi connectivity index (χ1n) is 6.39. The molecule has 1 heterocycles. The summed E-state index contributed by atoms with van der Waals surface area (Å²) in [6.45, 7) is 3.64. The van der Waals surface area contributed by atoms with Gasteiger partial charge in [0.1, 0.15) is 5.52 Å². The van der Waals surface area contributed by atoms with E-state index in [0.717, 1.165) is 50.1 Å². The highest BCUT2D eigenvalue weighted by molar-refractivity contribution is 5.73. The number of hydrogen-bond acceptors (Lipinski definition) is 4. The average molecular weight is 248 g/mol. The Morgan fingerprint density at radius 2 is 2.11 bits per heavy atom. The predicted octanol–water partition coefficient (Wildman–Crippen LogP) is 1.45. The zero-order valence-electron chi connectivity index (χ0n) is 10.8. The molecule has 0 saturated heterocycles. The number of aromatic nitrogens is 3. The van der Waals surface area contributed by atoms with Crippen molar-refractivity contribution in [2.75, 3.05) is 26.8 Å². The molecule has 0 amide bonds. The molecular formula is C13H20N4O. The van der Waals surface area contributed by atoms with Gasteiger partial charge in [-0.15, -0.1) is 5.10 Å². The van der Waals surface area contributed by atoms with Gasteiger partial charge in [0, 0.05) is 20.2 Å². The minimum atomic E-state index is 0.772. The number of aryl methyl sites for hydroxylation is 1. The number of nitrogens with zero attached hydrogens (tertiary/aromatic N) is 3. The second-order valence-corrected chi connectivity index (χ2v) is 4.25. The van der Waals surface area contributed by atoms with Crippen LogP contribution in [0.25, 0.3) is 11.0 Å². The number of methoxy groups -OCH3 is 1. The van der Waals surface area contributed by atoms with Gasteiger partial charge in [0.2, 0.25) is 0 Å². The summed E-state index contributed by atoms with van der Waals surface area (Å²) in [6.07, 6.45) is 2.24. The van der Waals surface area contributed by atoms with Crippen LogP contribution >= 0.6 is 0 Å². The van der Waals surface area contributed by atoms with Gasteiger partial charge in [-0.05, 0) is 31.5 Å². The summed E-state index contributed by atoms with van der Waals surface area (Å²) in [5.41, 5.74) is 2.08. The molecule has 18 heavy (non-hydrogen) atoms. The van der Waals surface area contributed by atoms with E-state index in [-0.39, 0.29) is 0 Å². The molecule has 2 rings (SSSR count). The van der Waals surface area contributed by atoms with Crippen molar-refractivity contribution in [3.05, 3.63) is 24.3 Å². The Bertz CT molecular complexity index is 469. The minimum absolute atomic E-state index is 0.772. The van der Waals surface area contributed by atoms with Crippen molar-refractivity contribution in [3.8, 4) is 0 Å². The summed E-state index contributed by atoms with van der Waals surface area (Å²) in [4.78, 5) is 0. The third kappa shape index (κ3) is 3.51. The molecule has 0 unspecified atom stereocenters. The first-order chi connectivity index (χ1) is 8.92. The fourth-order valence-electron chi connectivity index (χ4n) is 1.89. The average Bonchev–Trinajstić information content (AvgIpc) is 2.81. The maximum Gasteiger partial charge on any atom is 0.113 e. The lowest BCUT2D eigenvalue weighted by atomic mass is 10.3. The summed E-state index contributed by atoms with van der Waals surface area (Å²) in [5, 5.41) is 11.6. The van der Waals surface area contributed by atoms with E-state index in [4.69, 9.17) is 4.74 Å². The third-order valence-corrected chi connectivity index (χ3v) is 2.88. The Kier molecular flexibility index (Phi) is 5.11. The molecule has 0 aliphatic heterocycles. The first-order valence-corrected chi connectivity index (χ1v) is 6.39. The standard InChI is InChI=1S/C13H20N4O/c1-18-11-9-14-8-4-5-10-17-13-7-3-2-6-12(13)15-16-17/h2-3,6-7,14H,4-5,8-11H2,1H3. The van der Waals surface area contributed by atoms with Crippen LogP contribution in [0.3, 0.4) is 0 Å². The quantitative estimate of drug-likeness (QED) is 0.718. The number of ether oxygens (including phenoxy) is 1. The van der Waals surface area contributed by atoms with Crippen molar-refractivity contribution in [1.29, 1.82) is 0 Å². The van der Waals surface area contributed by atoms with Gasteiger partial charge in [0.05, 0.1) is 12.1 Å². The number of nitrogens with one attached hydrogen (secondary N) is 1. The zero-order valence-corrected chi connectivity index (χ0v) is 10.8. The summed E-state index contributed by atoms with van der Waals surface area (Å²) < 4.78 is 6.95. The van der Waals surface area contributed by atoms with Crippen molar-refractivity contribution in [1.82, 2.24) is 20.3 Å². The molecule has 1 aromatic carbocycles. The molecule has 1 N–H and O–H groups in total. The van der Waals surface area contributed by atoms with Gasteiger partial charge in [-0.2, -0.15) is 0 Å². The number of hydrogen-bond donors (Lipinski definition) is 1. The molecule has 98 valence electrons. The van der Waals surface area contributed by atoms with E-state index in [0.29, 0.717) is 0 Å². The summed E-state index contributed by atoms with van der Waals surface area (Å²) in [7, 11) is 1.72. The molecule has 0 radical (unpaired) electrons. The molecule has 0 aliphatic carbocycles. The van der Waals surface area contributed by atoms with E-state index >= 15 is 0 Å². The Morgan fingerprint density at radius 1 is 1.22 bits per heavy atom. The normalized spacial score (nSPS) is 11.2. The van der Waals surface area contributed by atoms with Crippen LogP contribution in [0.5, 0.6) is 0 Å². The molecule has 0 saturated carbocycles. The van der Waals surface area contributed by atoms with Crippen LogP contribution in [0.2, 0.25) is 0 Å². The SMILES string of the molecule is COCCNCCCCn1nnc2ccccc21. The Labute approximate surface area is 107 Å². The van der Waals surface area contributed by atoms with Crippen molar-refractivity contribution in [3.63, 3.8) is 0 Å². The molecule has 5 nitrogen and oxygen atoms in total. The Morgan fingerprint density at radius 3 is 3.00 bits per heavy atom. The number of unbranched alkanes of at least 4 members (excludes halogenated alkanes) is 1. The van der Waals surface area contributed by atoms with Crippen molar-refractivity contribution in [2.45, 2.75) is 19.4 Å². The number of benzene rings is 1. The second kappa shape index (κ2) is 7.08. The summed E-state index contributed by atoms with van der Waals surface area (Å²) in [6, 6.07) is 8.06. The second-order valence-electron chi connectivity index (χ2n) is 4.25. The molecule has 1 aromatic heterocycles. The van der Waals surface area contributed by atoms with Crippen LogP contribution in [0.4, 0.5) is 0 Å². The molecular weight excluding hydrogens is 228 g/mol. The van der Waals surface area contributed by atoms with Crippen LogP contribution in [0.15, 0.2) is 24.3 Å². The molecule has 0 aliphatic rings. The smallest absolute Gasteiger partial charge is 0.113 e. The molecule has 0 atom stereocenters. The van der Waals surface area contributed by atoms with Gasteiger partial charge < -0.3 is 10.1 Å².